The van der Waals surface area contributed by atoms with Crippen molar-refractivity contribution in [3.05, 3.63) is 57.6 Å². The van der Waals surface area contributed by atoms with Crippen molar-refractivity contribution < 1.29 is 4.79 Å². The maximum Gasteiger partial charge on any atom is 0.217 e. The predicted molar refractivity (Wildman–Crippen MR) is 102 cm³/mol. The molecule has 1 aromatic carbocycles. The van der Waals surface area contributed by atoms with Crippen LogP contribution in [0.1, 0.15) is 38.1 Å². The summed E-state index contributed by atoms with van der Waals surface area (Å²) in [6.45, 7) is 11.0. The lowest BCUT2D eigenvalue weighted by Gasteiger charge is -2.02. The second kappa shape index (κ2) is 9.06. The van der Waals surface area contributed by atoms with Gasteiger partial charge in [0.1, 0.15) is 0 Å². The SMILES string of the molecule is C=Cc1c(/C=C\C)sc2ccccc2c1=O.CC(=O)NC(C)C. The molecule has 0 bridgehead atoms. The van der Waals surface area contributed by atoms with Crippen molar-refractivity contribution in [2.45, 2.75) is 33.7 Å². The summed E-state index contributed by atoms with van der Waals surface area (Å²) in [6.07, 6.45) is 5.53. The fourth-order valence-electron chi connectivity index (χ4n) is 2.05. The lowest BCUT2D eigenvalue weighted by molar-refractivity contribution is -0.119. The summed E-state index contributed by atoms with van der Waals surface area (Å²) in [5.74, 6) is 0.0370. The Morgan fingerprint density at radius 2 is 1.96 bits per heavy atom. The second-order valence-electron chi connectivity index (χ2n) is 5.26. The van der Waals surface area contributed by atoms with Crippen molar-refractivity contribution >= 4 is 39.5 Å². The zero-order chi connectivity index (χ0) is 17.4. The molecule has 0 aliphatic heterocycles. The smallest absolute Gasteiger partial charge is 0.217 e. The number of hydrogen-bond donors (Lipinski definition) is 1. The summed E-state index contributed by atoms with van der Waals surface area (Å²) in [7, 11) is 0. The molecule has 1 N–H and O–H groups in total. The maximum absolute atomic E-state index is 12.2. The number of allylic oxidation sites excluding steroid dienone is 1. The summed E-state index contributed by atoms with van der Waals surface area (Å²) in [6, 6.07) is 7.95. The van der Waals surface area contributed by atoms with E-state index < -0.39 is 0 Å². The number of carbonyl (C=O) groups is 1. The van der Waals surface area contributed by atoms with Crippen LogP contribution in [0.4, 0.5) is 0 Å². The number of benzene rings is 1. The summed E-state index contributed by atoms with van der Waals surface area (Å²) >= 11 is 1.62. The molecule has 0 unspecified atom stereocenters. The third kappa shape index (κ3) is 5.49. The lowest BCUT2D eigenvalue weighted by Crippen LogP contribution is -2.27. The van der Waals surface area contributed by atoms with E-state index >= 15 is 0 Å². The molecule has 0 spiro atoms. The first-order chi connectivity index (χ1) is 10.9. The third-order valence-corrected chi connectivity index (χ3v) is 4.03. The molecule has 0 atom stereocenters. The normalized spacial score (nSPS) is 10.5. The van der Waals surface area contributed by atoms with E-state index in [1.807, 2.05) is 57.2 Å². The van der Waals surface area contributed by atoms with Crippen LogP contribution in [-0.4, -0.2) is 11.9 Å². The topological polar surface area (TPSA) is 46.2 Å². The number of nitrogens with one attached hydrogen (secondary N) is 1. The Morgan fingerprint density at radius 1 is 1.30 bits per heavy atom. The number of fused-ring (bicyclic) bond motifs is 1. The fraction of sp³-hybridized carbons (Fsp3) is 0.263. The molecular formula is C19H23NO2S. The molecule has 1 amide bonds. The highest BCUT2D eigenvalue weighted by molar-refractivity contribution is 7.19. The first-order valence-electron chi connectivity index (χ1n) is 7.48. The van der Waals surface area contributed by atoms with Crippen LogP contribution in [0, 0.1) is 0 Å². The molecule has 1 heterocycles. The highest BCUT2D eigenvalue weighted by Crippen LogP contribution is 2.23. The molecule has 1 aromatic heterocycles. The Kier molecular flexibility index (Phi) is 7.42. The highest BCUT2D eigenvalue weighted by Gasteiger charge is 2.07. The van der Waals surface area contributed by atoms with Gasteiger partial charge >= 0.3 is 0 Å². The van der Waals surface area contributed by atoms with Crippen molar-refractivity contribution in [2.24, 2.45) is 0 Å². The predicted octanol–water partition coefficient (Wildman–Crippen LogP) is 4.47. The molecule has 0 fully saturated rings. The summed E-state index contributed by atoms with van der Waals surface area (Å²) in [4.78, 5) is 23.3. The van der Waals surface area contributed by atoms with Crippen molar-refractivity contribution in [1.82, 2.24) is 5.32 Å². The molecule has 122 valence electrons. The van der Waals surface area contributed by atoms with Gasteiger partial charge in [-0.25, -0.2) is 0 Å². The summed E-state index contributed by atoms with van der Waals surface area (Å²) in [5.41, 5.74) is 0.763. The van der Waals surface area contributed by atoms with E-state index in [0.717, 1.165) is 15.0 Å². The first kappa shape index (κ1) is 18.8. The average Bonchev–Trinajstić information content (AvgIpc) is 2.47. The van der Waals surface area contributed by atoms with Gasteiger partial charge in [0.15, 0.2) is 5.43 Å². The highest BCUT2D eigenvalue weighted by atomic mass is 32.1. The standard InChI is InChI=1S/C14H12OS.C5H11NO/c1-3-7-12-10(4-2)14(15)11-8-5-6-9-13(11)16-12;1-4(2)6-5(3)7/h3-9H,2H2,1H3;4H,1-3H3,(H,6,7)/b7-3-;. The van der Waals surface area contributed by atoms with Crippen molar-refractivity contribution in [2.75, 3.05) is 0 Å². The molecule has 3 nitrogen and oxygen atoms in total. The zero-order valence-electron chi connectivity index (χ0n) is 14.1. The first-order valence-corrected chi connectivity index (χ1v) is 8.30. The van der Waals surface area contributed by atoms with Gasteiger partial charge in [0.05, 0.1) is 0 Å². The van der Waals surface area contributed by atoms with Gasteiger partial charge in [0, 0.05) is 33.5 Å². The Labute approximate surface area is 141 Å². The van der Waals surface area contributed by atoms with Gasteiger partial charge in [-0.2, -0.15) is 0 Å². The third-order valence-electron chi connectivity index (χ3n) is 2.88. The van der Waals surface area contributed by atoms with E-state index in [2.05, 4.69) is 11.9 Å². The van der Waals surface area contributed by atoms with Crippen molar-refractivity contribution in [3.8, 4) is 0 Å². The van der Waals surface area contributed by atoms with E-state index in [9.17, 15) is 9.59 Å². The largest absolute Gasteiger partial charge is 0.354 e. The van der Waals surface area contributed by atoms with Crippen LogP contribution in [0.3, 0.4) is 0 Å². The average molecular weight is 329 g/mol. The molecule has 0 radical (unpaired) electrons. The van der Waals surface area contributed by atoms with Crippen LogP contribution >= 0.6 is 11.3 Å². The molecule has 0 saturated heterocycles. The van der Waals surface area contributed by atoms with Gasteiger partial charge in [0.25, 0.3) is 0 Å². The van der Waals surface area contributed by atoms with E-state index in [-0.39, 0.29) is 17.4 Å². The van der Waals surface area contributed by atoms with E-state index in [1.54, 1.807) is 17.4 Å². The van der Waals surface area contributed by atoms with Crippen LogP contribution in [0.25, 0.3) is 22.2 Å². The number of amides is 1. The molecule has 2 rings (SSSR count). The van der Waals surface area contributed by atoms with Gasteiger partial charge in [-0.1, -0.05) is 30.9 Å². The Balaban J connectivity index is 0.000000322. The molecule has 2 aromatic rings. The van der Waals surface area contributed by atoms with Gasteiger partial charge in [-0.15, -0.1) is 11.3 Å². The molecule has 0 aliphatic rings. The van der Waals surface area contributed by atoms with Gasteiger partial charge in [-0.3, -0.25) is 9.59 Å². The van der Waals surface area contributed by atoms with Crippen LogP contribution in [-0.2, 0) is 4.79 Å². The summed E-state index contributed by atoms with van der Waals surface area (Å²) < 4.78 is 1.02. The number of carbonyl (C=O) groups excluding carboxylic acids is 1. The maximum atomic E-state index is 12.2. The monoisotopic (exact) mass is 329 g/mol. The van der Waals surface area contributed by atoms with Crippen LogP contribution < -0.4 is 10.7 Å². The number of hydrogen-bond acceptors (Lipinski definition) is 3. The van der Waals surface area contributed by atoms with Gasteiger partial charge < -0.3 is 5.32 Å². The van der Waals surface area contributed by atoms with E-state index in [0.29, 0.717) is 5.56 Å². The minimum absolute atomic E-state index is 0.0370. The Morgan fingerprint density at radius 3 is 2.43 bits per heavy atom. The van der Waals surface area contributed by atoms with Gasteiger partial charge in [0.2, 0.25) is 5.91 Å². The van der Waals surface area contributed by atoms with E-state index in [1.165, 1.54) is 6.92 Å². The minimum Gasteiger partial charge on any atom is -0.354 e. The number of rotatable bonds is 3. The lowest BCUT2D eigenvalue weighted by atomic mass is 10.1. The van der Waals surface area contributed by atoms with Crippen molar-refractivity contribution in [3.63, 3.8) is 0 Å². The molecule has 0 aliphatic carbocycles. The quantitative estimate of drug-likeness (QED) is 0.903. The molecule has 4 heteroatoms. The minimum atomic E-state index is 0.0370. The fourth-order valence-corrected chi connectivity index (χ4v) is 3.19. The van der Waals surface area contributed by atoms with Crippen molar-refractivity contribution in [1.29, 1.82) is 0 Å². The van der Waals surface area contributed by atoms with Gasteiger partial charge in [-0.05, 0) is 39.0 Å². The Hall–Kier alpha value is -2.20. The van der Waals surface area contributed by atoms with E-state index in [4.69, 9.17) is 0 Å². The second-order valence-corrected chi connectivity index (χ2v) is 6.35. The molecular weight excluding hydrogens is 306 g/mol. The molecule has 23 heavy (non-hydrogen) atoms. The molecule has 0 saturated carbocycles. The zero-order valence-corrected chi connectivity index (χ0v) is 14.9. The Bertz CT molecular complexity index is 773. The van der Waals surface area contributed by atoms with Crippen LogP contribution in [0.5, 0.6) is 0 Å². The van der Waals surface area contributed by atoms with Crippen LogP contribution in [0.2, 0.25) is 0 Å². The van der Waals surface area contributed by atoms with Crippen LogP contribution in [0.15, 0.2) is 41.7 Å². The summed E-state index contributed by atoms with van der Waals surface area (Å²) in [5, 5.41) is 3.44.